The number of hydrogen-bond acceptors (Lipinski definition) is 4. The van der Waals surface area contributed by atoms with Gasteiger partial charge in [0.25, 0.3) is 0 Å². The fourth-order valence-electron chi connectivity index (χ4n) is 1.78. The Balaban J connectivity index is 2.08. The second-order valence-electron chi connectivity index (χ2n) is 3.65. The zero-order valence-electron chi connectivity index (χ0n) is 8.69. The minimum atomic E-state index is 0.485. The van der Waals surface area contributed by atoms with Crippen molar-refractivity contribution in [2.45, 2.75) is 18.9 Å². The molecule has 2 heterocycles. The minimum Gasteiger partial charge on any atom is -0.381 e. The van der Waals surface area contributed by atoms with Crippen LogP contribution < -0.4 is 4.90 Å². The van der Waals surface area contributed by atoms with Gasteiger partial charge in [0.1, 0.15) is 17.3 Å². The second-order valence-corrected chi connectivity index (χ2v) is 4.04. The van der Waals surface area contributed by atoms with E-state index in [2.05, 4.69) is 14.9 Å². The van der Waals surface area contributed by atoms with Crippen molar-refractivity contribution in [1.29, 1.82) is 0 Å². The highest BCUT2D eigenvalue weighted by Crippen LogP contribution is 2.20. The van der Waals surface area contributed by atoms with Crippen LogP contribution in [0.5, 0.6) is 0 Å². The molecule has 1 aromatic heterocycles. The van der Waals surface area contributed by atoms with E-state index >= 15 is 0 Å². The fraction of sp³-hybridized carbons (Fsp3) is 0.600. The van der Waals surface area contributed by atoms with Gasteiger partial charge in [-0.3, -0.25) is 0 Å². The summed E-state index contributed by atoms with van der Waals surface area (Å²) in [4.78, 5) is 10.2. The number of anilines is 1. The third kappa shape index (κ3) is 2.58. The van der Waals surface area contributed by atoms with Crippen molar-refractivity contribution in [1.82, 2.24) is 9.97 Å². The van der Waals surface area contributed by atoms with Gasteiger partial charge in [-0.05, 0) is 12.8 Å². The lowest BCUT2D eigenvalue weighted by atomic mass is 10.1. The first kappa shape index (κ1) is 10.6. The van der Waals surface area contributed by atoms with Gasteiger partial charge >= 0.3 is 0 Å². The molecule has 0 saturated carbocycles. The van der Waals surface area contributed by atoms with Crippen LogP contribution in [0.3, 0.4) is 0 Å². The molecule has 0 N–H and O–H groups in total. The molecule has 0 aromatic carbocycles. The minimum absolute atomic E-state index is 0.485. The predicted octanol–water partition coefficient (Wildman–Crippen LogP) is 1.75. The molecule has 15 heavy (non-hydrogen) atoms. The lowest BCUT2D eigenvalue weighted by Gasteiger charge is -2.31. The lowest BCUT2D eigenvalue weighted by molar-refractivity contribution is 0.0853. The Hall–Kier alpha value is -0.870. The van der Waals surface area contributed by atoms with Gasteiger partial charge in [0, 0.05) is 32.4 Å². The maximum atomic E-state index is 5.83. The molecular weight excluding hydrogens is 214 g/mol. The van der Waals surface area contributed by atoms with Gasteiger partial charge in [0.15, 0.2) is 0 Å². The first-order chi connectivity index (χ1) is 7.27. The molecule has 0 aliphatic carbocycles. The third-order valence-electron chi connectivity index (χ3n) is 2.72. The van der Waals surface area contributed by atoms with E-state index in [1.54, 1.807) is 6.07 Å². The molecule has 5 heteroatoms. The van der Waals surface area contributed by atoms with Crippen LogP contribution in [0.15, 0.2) is 12.4 Å². The van der Waals surface area contributed by atoms with Gasteiger partial charge in [-0.2, -0.15) is 0 Å². The van der Waals surface area contributed by atoms with Crippen LogP contribution in [0, 0.1) is 0 Å². The van der Waals surface area contributed by atoms with Crippen LogP contribution in [0.2, 0.25) is 5.15 Å². The zero-order chi connectivity index (χ0) is 10.7. The largest absolute Gasteiger partial charge is 0.381 e. The molecule has 0 amide bonds. The lowest BCUT2D eigenvalue weighted by Crippen LogP contribution is -2.37. The summed E-state index contributed by atoms with van der Waals surface area (Å²) >= 11 is 5.83. The first-order valence-electron chi connectivity index (χ1n) is 5.05. The van der Waals surface area contributed by atoms with Gasteiger partial charge < -0.3 is 9.64 Å². The standard InChI is InChI=1S/C10H14ClN3O/c1-14(8-2-4-15-5-3-8)10-6-9(11)12-7-13-10/h6-8H,2-5H2,1H3. The Labute approximate surface area is 94.2 Å². The van der Waals surface area contributed by atoms with E-state index in [0.717, 1.165) is 31.9 Å². The molecule has 1 aliphatic rings. The van der Waals surface area contributed by atoms with E-state index in [1.165, 1.54) is 6.33 Å². The van der Waals surface area contributed by atoms with E-state index in [-0.39, 0.29) is 0 Å². The number of rotatable bonds is 2. The number of aromatic nitrogens is 2. The SMILES string of the molecule is CN(c1cc(Cl)ncn1)C1CCOCC1. The quantitative estimate of drug-likeness (QED) is 0.722. The van der Waals surface area contributed by atoms with Crippen LogP contribution in [-0.2, 0) is 4.74 Å². The third-order valence-corrected chi connectivity index (χ3v) is 2.93. The maximum absolute atomic E-state index is 5.83. The van der Waals surface area contributed by atoms with Crippen molar-refractivity contribution in [2.75, 3.05) is 25.2 Å². The Bertz CT molecular complexity index is 328. The molecule has 82 valence electrons. The molecule has 0 spiro atoms. The van der Waals surface area contributed by atoms with Crippen molar-refractivity contribution < 1.29 is 4.74 Å². The highest BCUT2D eigenvalue weighted by molar-refractivity contribution is 6.29. The Morgan fingerprint density at radius 3 is 2.80 bits per heavy atom. The Morgan fingerprint density at radius 1 is 1.40 bits per heavy atom. The normalized spacial score (nSPS) is 17.7. The van der Waals surface area contributed by atoms with Gasteiger partial charge in [-0.15, -0.1) is 0 Å². The molecule has 0 atom stereocenters. The second kappa shape index (κ2) is 4.77. The smallest absolute Gasteiger partial charge is 0.134 e. The summed E-state index contributed by atoms with van der Waals surface area (Å²) in [5.41, 5.74) is 0. The van der Waals surface area contributed by atoms with Crippen molar-refractivity contribution in [3.8, 4) is 0 Å². The summed E-state index contributed by atoms with van der Waals surface area (Å²) in [6.07, 6.45) is 3.57. The molecule has 1 fully saturated rings. The molecule has 2 rings (SSSR count). The molecule has 0 radical (unpaired) electrons. The van der Waals surface area contributed by atoms with Crippen LogP contribution in [0.1, 0.15) is 12.8 Å². The van der Waals surface area contributed by atoms with Crippen molar-refractivity contribution >= 4 is 17.4 Å². The average molecular weight is 228 g/mol. The predicted molar refractivity (Wildman–Crippen MR) is 59.3 cm³/mol. The summed E-state index contributed by atoms with van der Waals surface area (Å²) < 4.78 is 5.32. The van der Waals surface area contributed by atoms with Gasteiger partial charge in [-0.1, -0.05) is 11.6 Å². The van der Waals surface area contributed by atoms with Crippen LogP contribution in [0.4, 0.5) is 5.82 Å². The Morgan fingerprint density at radius 2 is 2.13 bits per heavy atom. The van der Waals surface area contributed by atoms with E-state index in [9.17, 15) is 0 Å². The van der Waals surface area contributed by atoms with Crippen LogP contribution >= 0.6 is 11.6 Å². The monoisotopic (exact) mass is 227 g/mol. The zero-order valence-corrected chi connectivity index (χ0v) is 9.44. The van der Waals surface area contributed by atoms with E-state index in [1.807, 2.05) is 7.05 Å². The Kier molecular flexibility index (Phi) is 3.38. The molecular formula is C10H14ClN3O. The van der Waals surface area contributed by atoms with E-state index in [0.29, 0.717) is 11.2 Å². The van der Waals surface area contributed by atoms with Gasteiger partial charge in [0.2, 0.25) is 0 Å². The molecule has 1 saturated heterocycles. The number of halogens is 1. The van der Waals surface area contributed by atoms with Crippen LogP contribution in [0.25, 0.3) is 0 Å². The molecule has 0 bridgehead atoms. The maximum Gasteiger partial charge on any atom is 0.134 e. The summed E-state index contributed by atoms with van der Waals surface area (Å²) in [7, 11) is 2.04. The summed E-state index contributed by atoms with van der Waals surface area (Å²) in [6.45, 7) is 1.65. The summed E-state index contributed by atoms with van der Waals surface area (Å²) in [5.74, 6) is 0.877. The van der Waals surface area contributed by atoms with E-state index in [4.69, 9.17) is 16.3 Å². The number of ether oxygens (including phenoxy) is 1. The van der Waals surface area contributed by atoms with Gasteiger partial charge in [-0.25, -0.2) is 9.97 Å². The number of hydrogen-bond donors (Lipinski definition) is 0. The molecule has 4 nitrogen and oxygen atoms in total. The topological polar surface area (TPSA) is 38.2 Å². The average Bonchev–Trinajstić information content (AvgIpc) is 2.29. The molecule has 0 unspecified atom stereocenters. The highest BCUT2D eigenvalue weighted by Gasteiger charge is 2.19. The van der Waals surface area contributed by atoms with E-state index < -0.39 is 0 Å². The van der Waals surface area contributed by atoms with Crippen molar-refractivity contribution in [2.24, 2.45) is 0 Å². The first-order valence-corrected chi connectivity index (χ1v) is 5.43. The van der Waals surface area contributed by atoms with Crippen molar-refractivity contribution in [3.05, 3.63) is 17.5 Å². The fourth-order valence-corrected chi connectivity index (χ4v) is 1.92. The highest BCUT2D eigenvalue weighted by atomic mass is 35.5. The summed E-state index contributed by atoms with van der Waals surface area (Å²) in [5, 5.41) is 0.485. The number of nitrogens with zero attached hydrogens (tertiary/aromatic N) is 3. The summed E-state index contributed by atoms with van der Waals surface area (Å²) in [6, 6.07) is 2.28. The molecule has 1 aliphatic heterocycles. The molecule has 1 aromatic rings. The van der Waals surface area contributed by atoms with Gasteiger partial charge in [0.05, 0.1) is 0 Å². The van der Waals surface area contributed by atoms with Crippen LogP contribution in [-0.4, -0.2) is 36.3 Å². The van der Waals surface area contributed by atoms with Crippen molar-refractivity contribution in [3.63, 3.8) is 0 Å².